The second-order valence-electron chi connectivity index (χ2n) is 7.13. The number of thiazole rings is 1. The van der Waals surface area contributed by atoms with E-state index in [9.17, 15) is 18.3 Å². The normalized spacial score (nSPS) is 19.0. The number of nitriles is 1. The van der Waals surface area contributed by atoms with Crippen LogP contribution in [0.3, 0.4) is 0 Å². The Morgan fingerprint density at radius 3 is 2.62 bits per heavy atom. The van der Waals surface area contributed by atoms with Gasteiger partial charge in [-0.2, -0.15) is 5.26 Å². The first-order valence-corrected chi connectivity index (χ1v) is 11.8. The predicted molar refractivity (Wildman–Crippen MR) is 111 cm³/mol. The highest BCUT2D eigenvalue weighted by molar-refractivity contribution is 7.89. The van der Waals surface area contributed by atoms with Gasteiger partial charge in [0.1, 0.15) is 5.69 Å². The molecule has 0 saturated heterocycles. The van der Waals surface area contributed by atoms with Crippen LogP contribution >= 0.6 is 11.3 Å². The zero-order valence-corrected chi connectivity index (χ0v) is 17.8. The van der Waals surface area contributed by atoms with Crippen LogP contribution in [0.2, 0.25) is 0 Å². The van der Waals surface area contributed by atoms with Crippen LogP contribution in [0, 0.1) is 24.2 Å². The van der Waals surface area contributed by atoms with E-state index < -0.39 is 22.0 Å². The maximum Gasteiger partial charge on any atom is 0.284 e. The molecule has 1 aromatic heterocycles. The number of carbonyl (C=O) groups is 1. The molecule has 2 unspecified atom stereocenters. The summed E-state index contributed by atoms with van der Waals surface area (Å²) in [5.74, 6) is -0.712. The van der Waals surface area contributed by atoms with E-state index >= 15 is 0 Å². The molecule has 0 spiro atoms. The number of sulfonamides is 1. The van der Waals surface area contributed by atoms with Gasteiger partial charge < -0.3 is 10.0 Å². The van der Waals surface area contributed by atoms with E-state index in [2.05, 4.69) is 11.1 Å². The lowest BCUT2D eigenvalue weighted by atomic mass is 10.1. The fourth-order valence-electron chi connectivity index (χ4n) is 3.40. The summed E-state index contributed by atoms with van der Waals surface area (Å²) < 4.78 is 24.7. The number of rotatable bonds is 6. The van der Waals surface area contributed by atoms with Gasteiger partial charge in [0.05, 0.1) is 24.0 Å². The van der Waals surface area contributed by atoms with Gasteiger partial charge >= 0.3 is 0 Å². The standard InChI is InChI=1S/C19H22N4O4S2/c1-12-17(18(25)22-29(2,26)27)21-19(28-12)23(11-14-4-3-5-16(14)24)15-8-6-13(10-20)7-9-15/h6-9,14,16,24H,3-5,11H2,1-2H3,(H,22,25). The van der Waals surface area contributed by atoms with E-state index in [0.717, 1.165) is 31.2 Å². The van der Waals surface area contributed by atoms with E-state index in [4.69, 9.17) is 5.26 Å². The van der Waals surface area contributed by atoms with Crippen LogP contribution in [0.5, 0.6) is 0 Å². The van der Waals surface area contributed by atoms with E-state index in [1.165, 1.54) is 11.3 Å². The highest BCUT2D eigenvalue weighted by atomic mass is 32.2. The molecule has 1 fully saturated rings. The highest BCUT2D eigenvalue weighted by Gasteiger charge is 2.30. The molecule has 1 aliphatic carbocycles. The molecule has 1 heterocycles. The van der Waals surface area contributed by atoms with E-state index in [1.807, 2.05) is 9.62 Å². The average molecular weight is 435 g/mol. The third-order valence-electron chi connectivity index (χ3n) is 4.85. The number of aryl methyl sites for hydroxylation is 1. The highest BCUT2D eigenvalue weighted by Crippen LogP contribution is 2.35. The van der Waals surface area contributed by atoms with Crippen LogP contribution in [0.1, 0.15) is 40.2 Å². The van der Waals surface area contributed by atoms with Crippen LogP contribution in [0.15, 0.2) is 24.3 Å². The number of aliphatic hydroxyl groups excluding tert-OH is 1. The van der Waals surface area contributed by atoms with Crippen molar-refractivity contribution in [2.45, 2.75) is 32.3 Å². The van der Waals surface area contributed by atoms with Crippen LogP contribution in [-0.4, -0.2) is 43.3 Å². The van der Waals surface area contributed by atoms with Gasteiger partial charge in [0, 0.05) is 23.0 Å². The monoisotopic (exact) mass is 434 g/mol. The van der Waals surface area contributed by atoms with Gasteiger partial charge in [-0.15, -0.1) is 11.3 Å². The number of nitrogens with zero attached hydrogens (tertiary/aromatic N) is 3. The van der Waals surface area contributed by atoms with Crippen molar-refractivity contribution in [2.75, 3.05) is 17.7 Å². The number of aliphatic hydroxyl groups is 1. The Balaban J connectivity index is 1.96. The van der Waals surface area contributed by atoms with Crippen LogP contribution in [-0.2, 0) is 10.0 Å². The molecule has 3 rings (SSSR count). The van der Waals surface area contributed by atoms with Crippen molar-refractivity contribution < 1.29 is 18.3 Å². The Labute approximate surface area is 173 Å². The molecule has 29 heavy (non-hydrogen) atoms. The van der Waals surface area contributed by atoms with Gasteiger partial charge in [-0.3, -0.25) is 4.79 Å². The summed E-state index contributed by atoms with van der Waals surface area (Å²) >= 11 is 1.28. The first-order chi connectivity index (χ1) is 13.7. The number of hydrogen-bond donors (Lipinski definition) is 2. The topological polar surface area (TPSA) is 123 Å². The molecule has 2 aromatic rings. The fourth-order valence-corrected chi connectivity index (χ4v) is 4.77. The third kappa shape index (κ3) is 5.12. The van der Waals surface area contributed by atoms with Crippen molar-refractivity contribution in [3.63, 3.8) is 0 Å². The molecule has 0 aliphatic heterocycles. The molecule has 1 aromatic carbocycles. The SMILES string of the molecule is Cc1sc(N(CC2CCCC2O)c2ccc(C#N)cc2)nc1C(=O)NS(C)(=O)=O. The summed E-state index contributed by atoms with van der Waals surface area (Å²) in [7, 11) is -3.70. The maximum atomic E-state index is 12.3. The summed E-state index contributed by atoms with van der Waals surface area (Å²) in [5.41, 5.74) is 1.37. The lowest BCUT2D eigenvalue weighted by Gasteiger charge is -2.27. The Morgan fingerprint density at radius 2 is 2.07 bits per heavy atom. The molecular formula is C19H22N4O4S2. The summed E-state index contributed by atoms with van der Waals surface area (Å²) in [4.78, 5) is 19.2. The Bertz CT molecular complexity index is 1040. The Hall–Kier alpha value is -2.48. The van der Waals surface area contributed by atoms with Crippen LogP contribution < -0.4 is 9.62 Å². The van der Waals surface area contributed by atoms with E-state index in [1.54, 1.807) is 31.2 Å². The number of hydrogen-bond acceptors (Lipinski definition) is 8. The second kappa shape index (κ2) is 8.49. The molecule has 2 N–H and O–H groups in total. The number of nitrogens with one attached hydrogen (secondary N) is 1. The molecule has 0 bridgehead atoms. The van der Waals surface area contributed by atoms with Gasteiger partial charge in [-0.1, -0.05) is 6.42 Å². The molecule has 1 aliphatic rings. The zero-order valence-electron chi connectivity index (χ0n) is 16.1. The zero-order chi connectivity index (χ0) is 21.2. The fraction of sp³-hybridized carbons (Fsp3) is 0.421. The summed E-state index contributed by atoms with van der Waals surface area (Å²) in [6.45, 7) is 2.22. The molecule has 1 saturated carbocycles. The molecule has 2 atom stereocenters. The van der Waals surface area contributed by atoms with Crippen molar-refractivity contribution in [1.29, 1.82) is 5.26 Å². The van der Waals surface area contributed by atoms with E-state index in [-0.39, 0.29) is 11.6 Å². The first-order valence-electron chi connectivity index (χ1n) is 9.13. The number of carbonyl (C=O) groups excluding carboxylic acids is 1. The van der Waals surface area contributed by atoms with Crippen molar-refractivity contribution in [1.82, 2.24) is 9.71 Å². The minimum atomic E-state index is -3.70. The molecule has 8 nitrogen and oxygen atoms in total. The largest absolute Gasteiger partial charge is 0.393 e. The van der Waals surface area contributed by atoms with Gasteiger partial charge in [0.2, 0.25) is 10.0 Å². The number of amides is 1. The van der Waals surface area contributed by atoms with Crippen LogP contribution in [0.4, 0.5) is 10.8 Å². The lowest BCUT2D eigenvalue weighted by molar-refractivity contribution is 0.0977. The third-order valence-corrected chi connectivity index (χ3v) is 6.40. The molecular weight excluding hydrogens is 412 g/mol. The first kappa shape index (κ1) is 21.2. The molecule has 10 heteroatoms. The van der Waals surface area contributed by atoms with Crippen molar-refractivity contribution in [2.24, 2.45) is 5.92 Å². The maximum absolute atomic E-state index is 12.3. The summed E-state index contributed by atoms with van der Waals surface area (Å²) in [5, 5.41) is 19.8. The van der Waals surface area contributed by atoms with Gasteiger partial charge in [0.25, 0.3) is 5.91 Å². The molecule has 0 radical (unpaired) electrons. The van der Waals surface area contributed by atoms with E-state index in [0.29, 0.717) is 22.1 Å². The van der Waals surface area contributed by atoms with Gasteiger partial charge in [-0.05, 0) is 44.0 Å². The quantitative estimate of drug-likeness (QED) is 0.715. The second-order valence-corrected chi connectivity index (χ2v) is 10.1. The summed E-state index contributed by atoms with van der Waals surface area (Å²) in [6.07, 6.45) is 3.11. The van der Waals surface area contributed by atoms with Crippen molar-refractivity contribution >= 4 is 38.1 Å². The molecule has 1 amide bonds. The number of benzene rings is 1. The van der Waals surface area contributed by atoms with Crippen molar-refractivity contribution in [3.05, 3.63) is 40.4 Å². The Kier molecular flexibility index (Phi) is 6.21. The lowest BCUT2D eigenvalue weighted by Crippen LogP contribution is -2.31. The molecule has 154 valence electrons. The smallest absolute Gasteiger partial charge is 0.284 e. The van der Waals surface area contributed by atoms with Crippen molar-refractivity contribution in [3.8, 4) is 6.07 Å². The van der Waals surface area contributed by atoms with Gasteiger partial charge in [0.15, 0.2) is 5.13 Å². The average Bonchev–Trinajstić information content (AvgIpc) is 3.24. The van der Waals surface area contributed by atoms with Crippen LogP contribution in [0.25, 0.3) is 0 Å². The minimum Gasteiger partial charge on any atom is -0.393 e. The van der Waals surface area contributed by atoms with Gasteiger partial charge in [-0.25, -0.2) is 18.1 Å². The minimum absolute atomic E-state index is 0.0565. The number of anilines is 2. The predicted octanol–water partition coefficient (Wildman–Crippen LogP) is 2.31. The number of aromatic nitrogens is 1. The Morgan fingerprint density at radius 1 is 1.38 bits per heavy atom. The summed E-state index contributed by atoms with van der Waals surface area (Å²) in [6, 6.07) is 9.08.